The molecule has 0 bridgehead atoms. The maximum Gasteiger partial charge on any atom is 0.153 e. The molecule has 2 aromatic carbocycles. The molecule has 0 amide bonds. The third kappa shape index (κ3) is 2.57. The summed E-state index contributed by atoms with van der Waals surface area (Å²) in [7, 11) is 3.01. The van der Waals surface area contributed by atoms with Crippen molar-refractivity contribution in [3.8, 4) is 22.6 Å². The fourth-order valence-electron chi connectivity index (χ4n) is 1.90. The van der Waals surface area contributed by atoms with E-state index >= 15 is 0 Å². The van der Waals surface area contributed by atoms with Gasteiger partial charge >= 0.3 is 0 Å². The molecule has 0 spiro atoms. The highest BCUT2D eigenvalue weighted by molar-refractivity contribution is 5.84. The van der Waals surface area contributed by atoms with Crippen LogP contribution in [0.1, 0.15) is 10.4 Å². The van der Waals surface area contributed by atoms with Gasteiger partial charge in [-0.15, -0.1) is 0 Å². The molecule has 19 heavy (non-hydrogen) atoms. The number of hydrogen-bond donors (Lipinski definition) is 0. The van der Waals surface area contributed by atoms with Crippen LogP contribution in [-0.4, -0.2) is 20.5 Å². The summed E-state index contributed by atoms with van der Waals surface area (Å²) in [6, 6.07) is 9.31. The van der Waals surface area contributed by atoms with Gasteiger partial charge in [0.2, 0.25) is 0 Å². The smallest absolute Gasteiger partial charge is 0.153 e. The van der Waals surface area contributed by atoms with Crippen LogP contribution >= 0.6 is 0 Å². The Bertz CT molecular complexity index is 608. The third-order valence-electron chi connectivity index (χ3n) is 2.83. The highest BCUT2D eigenvalue weighted by atomic mass is 19.1. The molecule has 2 aromatic rings. The van der Waals surface area contributed by atoms with Gasteiger partial charge in [-0.3, -0.25) is 4.79 Å². The first-order chi connectivity index (χ1) is 9.19. The Labute approximate surface area is 110 Å². The van der Waals surface area contributed by atoms with E-state index in [0.717, 1.165) is 0 Å². The van der Waals surface area contributed by atoms with E-state index in [4.69, 9.17) is 9.47 Å². The molecule has 3 nitrogen and oxygen atoms in total. The normalized spacial score (nSPS) is 10.1. The Hall–Kier alpha value is -2.36. The van der Waals surface area contributed by atoms with Crippen molar-refractivity contribution in [3.05, 3.63) is 47.8 Å². The number of rotatable bonds is 4. The minimum Gasteiger partial charge on any atom is -0.496 e. The lowest BCUT2D eigenvalue weighted by atomic mass is 10.0. The number of carbonyl (C=O) groups is 1. The Morgan fingerprint density at radius 3 is 2.32 bits per heavy atom. The zero-order chi connectivity index (χ0) is 13.8. The summed E-state index contributed by atoms with van der Waals surface area (Å²) in [5.41, 5.74) is 1.69. The molecule has 98 valence electrons. The van der Waals surface area contributed by atoms with Crippen molar-refractivity contribution in [2.75, 3.05) is 14.2 Å². The third-order valence-corrected chi connectivity index (χ3v) is 2.83. The van der Waals surface area contributed by atoms with Crippen molar-refractivity contribution >= 4 is 6.29 Å². The van der Waals surface area contributed by atoms with Gasteiger partial charge in [0, 0.05) is 5.56 Å². The molecule has 2 rings (SSSR count). The second-order valence-corrected chi connectivity index (χ2v) is 3.92. The van der Waals surface area contributed by atoms with Crippen LogP contribution in [0.5, 0.6) is 11.5 Å². The Morgan fingerprint density at radius 1 is 1.00 bits per heavy atom. The van der Waals surface area contributed by atoms with Crippen molar-refractivity contribution in [3.63, 3.8) is 0 Å². The summed E-state index contributed by atoms with van der Waals surface area (Å²) in [5.74, 6) is 0.664. The van der Waals surface area contributed by atoms with Crippen LogP contribution in [0.2, 0.25) is 0 Å². The lowest BCUT2D eigenvalue weighted by Gasteiger charge is -2.10. The monoisotopic (exact) mass is 260 g/mol. The van der Waals surface area contributed by atoms with Crippen molar-refractivity contribution in [1.82, 2.24) is 0 Å². The maximum absolute atomic E-state index is 13.3. The highest BCUT2D eigenvalue weighted by Gasteiger charge is 2.10. The number of carbonyl (C=O) groups excluding carboxylic acids is 1. The molecule has 0 aromatic heterocycles. The van der Waals surface area contributed by atoms with Crippen LogP contribution in [0.15, 0.2) is 36.4 Å². The first-order valence-electron chi connectivity index (χ1n) is 5.66. The predicted octanol–water partition coefficient (Wildman–Crippen LogP) is 3.32. The number of benzene rings is 2. The van der Waals surface area contributed by atoms with Crippen molar-refractivity contribution in [2.24, 2.45) is 0 Å². The average Bonchev–Trinajstić information content (AvgIpc) is 2.46. The Balaban J connectivity index is 2.58. The highest BCUT2D eigenvalue weighted by Crippen LogP contribution is 2.33. The minimum atomic E-state index is -0.362. The molecule has 0 atom stereocenters. The van der Waals surface area contributed by atoms with Gasteiger partial charge in [-0.25, -0.2) is 4.39 Å². The van der Waals surface area contributed by atoms with Gasteiger partial charge in [0.1, 0.15) is 17.3 Å². The molecule has 0 unspecified atom stereocenters. The number of methoxy groups -OCH3 is 2. The van der Waals surface area contributed by atoms with E-state index in [2.05, 4.69) is 0 Å². The summed E-state index contributed by atoms with van der Waals surface area (Å²) in [5, 5.41) is 0. The van der Waals surface area contributed by atoms with Crippen LogP contribution in [0, 0.1) is 5.82 Å². The van der Waals surface area contributed by atoms with Gasteiger partial charge in [-0.05, 0) is 35.9 Å². The molecular weight excluding hydrogens is 247 g/mol. The van der Waals surface area contributed by atoms with Crippen LogP contribution in [0.25, 0.3) is 11.1 Å². The van der Waals surface area contributed by atoms with Crippen LogP contribution in [-0.2, 0) is 0 Å². The van der Waals surface area contributed by atoms with Crippen molar-refractivity contribution in [2.45, 2.75) is 0 Å². The number of halogens is 1. The zero-order valence-electron chi connectivity index (χ0n) is 10.6. The van der Waals surface area contributed by atoms with Gasteiger partial charge in [0.05, 0.1) is 19.8 Å². The molecule has 0 fully saturated rings. The van der Waals surface area contributed by atoms with E-state index in [1.807, 2.05) is 0 Å². The van der Waals surface area contributed by atoms with E-state index in [1.165, 1.54) is 26.4 Å². The van der Waals surface area contributed by atoms with Crippen molar-refractivity contribution < 1.29 is 18.7 Å². The topological polar surface area (TPSA) is 35.5 Å². The molecule has 0 N–H and O–H groups in total. The number of ether oxygens (including phenoxy) is 2. The van der Waals surface area contributed by atoms with Crippen LogP contribution in [0.4, 0.5) is 4.39 Å². The molecular formula is C15H13FO3. The Morgan fingerprint density at radius 2 is 1.68 bits per heavy atom. The van der Waals surface area contributed by atoms with Gasteiger partial charge < -0.3 is 9.47 Å². The molecule has 0 heterocycles. The van der Waals surface area contributed by atoms with E-state index in [0.29, 0.717) is 34.5 Å². The standard InChI is InChI=1S/C15H13FO3/c1-18-14-5-3-10(7-11(14)9-17)13-8-12(16)4-6-15(13)19-2/h3-9H,1-2H3. The first-order valence-corrected chi connectivity index (χ1v) is 5.66. The van der Waals surface area contributed by atoms with E-state index < -0.39 is 0 Å². The van der Waals surface area contributed by atoms with Crippen LogP contribution < -0.4 is 9.47 Å². The Kier molecular flexibility index (Phi) is 3.80. The summed E-state index contributed by atoms with van der Waals surface area (Å²) >= 11 is 0. The second kappa shape index (κ2) is 5.52. The van der Waals surface area contributed by atoms with E-state index in [1.54, 1.807) is 24.3 Å². The fourth-order valence-corrected chi connectivity index (χ4v) is 1.90. The van der Waals surface area contributed by atoms with Gasteiger partial charge in [0.15, 0.2) is 6.29 Å². The van der Waals surface area contributed by atoms with E-state index in [-0.39, 0.29) is 5.82 Å². The largest absolute Gasteiger partial charge is 0.496 e. The maximum atomic E-state index is 13.3. The molecule has 0 aliphatic carbocycles. The SMILES string of the molecule is COc1ccc(-c2cc(F)ccc2OC)cc1C=O. The van der Waals surface area contributed by atoms with Gasteiger partial charge in [0.25, 0.3) is 0 Å². The first kappa shape index (κ1) is 13.1. The van der Waals surface area contributed by atoms with Gasteiger partial charge in [-0.2, -0.15) is 0 Å². The number of hydrogen-bond acceptors (Lipinski definition) is 3. The lowest BCUT2D eigenvalue weighted by Crippen LogP contribution is -1.93. The number of aldehydes is 1. The molecule has 0 saturated carbocycles. The molecule has 0 saturated heterocycles. The molecule has 0 aliphatic heterocycles. The van der Waals surface area contributed by atoms with Gasteiger partial charge in [-0.1, -0.05) is 6.07 Å². The molecule has 0 aliphatic rings. The van der Waals surface area contributed by atoms with E-state index in [9.17, 15) is 9.18 Å². The summed E-state index contributed by atoms with van der Waals surface area (Å²) in [6.45, 7) is 0. The molecule has 4 heteroatoms. The van der Waals surface area contributed by atoms with Crippen LogP contribution in [0.3, 0.4) is 0 Å². The second-order valence-electron chi connectivity index (χ2n) is 3.92. The molecule has 0 radical (unpaired) electrons. The predicted molar refractivity (Wildman–Crippen MR) is 70.3 cm³/mol. The lowest BCUT2D eigenvalue weighted by molar-refractivity contribution is 0.112. The summed E-state index contributed by atoms with van der Waals surface area (Å²) in [4.78, 5) is 11.0. The fraction of sp³-hybridized carbons (Fsp3) is 0.133. The summed E-state index contributed by atoms with van der Waals surface area (Å²) in [6.07, 6.45) is 0.702. The summed E-state index contributed by atoms with van der Waals surface area (Å²) < 4.78 is 23.6. The zero-order valence-corrected chi connectivity index (χ0v) is 10.6. The van der Waals surface area contributed by atoms with Crippen molar-refractivity contribution in [1.29, 1.82) is 0 Å². The average molecular weight is 260 g/mol. The minimum absolute atomic E-state index is 0.362. The quantitative estimate of drug-likeness (QED) is 0.791.